The van der Waals surface area contributed by atoms with Crippen LogP contribution in [0.1, 0.15) is 36.9 Å². The van der Waals surface area contributed by atoms with E-state index in [0.29, 0.717) is 4.77 Å². The molecule has 5 heteroatoms. The van der Waals surface area contributed by atoms with Gasteiger partial charge >= 0.3 is 0 Å². The summed E-state index contributed by atoms with van der Waals surface area (Å²) in [5, 5.41) is 7.06. The first-order valence-electron chi connectivity index (χ1n) is 6.41. The molecule has 0 bridgehead atoms. The molecule has 0 aliphatic carbocycles. The van der Waals surface area contributed by atoms with Crippen molar-refractivity contribution in [3.63, 3.8) is 0 Å². The van der Waals surface area contributed by atoms with E-state index < -0.39 is 0 Å². The van der Waals surface area contributed by atoms with Gasteiger partial charge in [0.05, 0.1) is 0 Å². The maximum Gasteiger partial charge on any atom is 0.195 e. The molecule has 0 fully saturated rings. The lowest BCUT2D eigenvalue weighted by atomic mass is 10.1. The van der Waals surface area contributed by atoms with Crippen molar-refractivity contribution in [2.45, 2.75) is 40.3 Å². The first-order chi connectivity index (χ1) is 9.01. The summed E-state index contributed by atoms with van der Waals surface area (Å²) in [5.41, 5.74) is 2.38. The van der Waals surface area contributed by atoms with E-state index in [-0.39, 0.29) is 6.10 Å². The van der Waals surface area contributed by atoms with Gasteiger partial charge in [0.1, 0.15) is 5.75 Å². The number of benzene rings is 1. The smallest absolute Gasteiger partial charge is 0.195 e. The van der Waals surface area contributed by atoms with Gasteiger partial charge in [0.15, 0.2) is 16.7 Å². The van der Waals surface area contributed by atoms with Crippen LogP contribution >= 0.6 is 12.2 Å². The third-order valence-electron chi connectivity index (χ3n) is 2.98. The monoisotopic (exact) mass is 277 g/mol. The van der Waals surface area contributed by atoms with Crippen molar-refractivity contribution >= 4 is 12.2 Å². The predicted molar refractivity (Wildman–Crippen MR) is 78.0 cm³/mol. The fraction of sp³-hybridized carbons (Fsp3) is 0.429. The zero-order valence-corrected chi connectivity index (χ0v) is 12.5. The van der Waals surface area contributed by atoms with Crippen LogP contribution in [-0.2, 0) is 6.54 Å². The number of nitrogens with one attached hydrogen (secondary N) is 1. The van der Waals surface area contributed by atoms with E-state index >= 15 is 0 Å². The molecule has 1 heterocycles. The Morgan fingerprint density at radius 1 is 1.32 bits per heavy atom. The van der Waals surface area contributed by atoms with Crippen molar-refractivity contribution in [2.24, 2.45) is 0 Å². The highest BCUT2D eigenvalue weighted by molar-refractivity contribution is 7.71. The molecule has 19 heavy (non-hydrogen) atoms. The maximum absolute atomic E-state index is 5.97. The molecule has 0 amide bonds. The molecular weight excluding hydrogens is 258 g/mol. The summed E-state index contributed by atoms with van der Waals surface area (Å²) in [6.07, 6.45) is -0.144. The minimum absolute atomic E-state index is 0.144. The van der Waals surface area contributed by atoms with Crippen molar-refractivity contribution in [3.05, 3.63) is 39.9 Å². The van der Waals surface area contributed by atoms with Crippen LogP contribution in [0.2, 0.25) is 0 Å². The highest BCUT2D eigenvalue weighted by atomic mass is 32.1. The quantitative estimate of drug-likeness (QED) is 0.866. The number of nitrogens with zero attached hydrogens (tertiary/aromatic N) is 2. The third-order valence-corrected chi connectivity index (χ3v) is 3.29. The zero-order chi connectivity index (χ0) is 14.0. The summed E-state index contributed by atoms with van der Waals surface area (Å²) in [7, 11) is 0. The van der Waals surface area contributed by atoms with Crippen LogP contribution in [0.25, 0.3) is 0 Å². The molecule has 0 aliphatic heterocycles. The first-order valence-corrected chi connectivity index (χ1v) is 6.82. The van der Waals surface area contributed by atoms with Gasteiger partial charge in [-0.25, -0.2) is 0 Å². The fourth-order valence-electron chi connectivity index (χ4n) is 2.20. The molecule has 0 saturated heterocycles. The molecule has 1 N–H and O–H groups in total. The summed E-state index contributed by atoms with van der Waals surface area (Å²) in [6, 6.07) is 6.18. The second-order valence-corrected chi connectivity index (χ2v) is 5.10. The summed E-state index contributed by atoms with van der Waals surface area (Å²) in [6.45, 7) is 8.93. The van der Waals surface area contributed by atoms with E-state index in [2.05, 4.69) is 30.1 Å². The minimum atomic E-state index is -0.144. The summed E-state index contributed by atoms with van der Waals surface area (Å²) in [5.74, 6) is 1.69. The van der Waals surface area contributed by atoms with Gasteiger partial charge in [-0.2, -0.15) is 5.10 Å². The Morgan fingerprint density at radius 2 is 1.95 bits per heavy atom. The Balaban J connectivity index is 2.25. The van der Waals surface area contributed by atoms with Crippen LogP contribution in [0.3, 0.4) is 0 Å². The Bertz CT molecular complexity index is 610. The number of H-pyrrole nitrogens is 1. The van der Waals surface area contributed by atoms with Crippen molar-refractivity contribution in [1.82, 2.24) is 14.8 Å². The van der Waals surface area contributed by atoms with Crippen molar-refractivity contribution < 1.29 is 4.74 Å². The lowest BCUT2D eigenvalue weighted by Crippen LogP contribution is -2.11. The average Bonchev–Trinajstić information content (AvgIpc) is 2.68. The number of hydrogen-bond donors (Lipinski definition) is 1. The van der Waals surface area contributed by atoms with Gasteiger partial charge in [-0.3, -0.25) is 5.10 Å². The molecule has 102 valence electrons. The van der Waals surface area contributed by atoms with Gasteiger partial charge in [-0.1, -0.05) is 6.07 Å². The van der Waals surface area contributed by atoms with Crippen LogP contribution in [0.5, 0.6) is 5.75 Å². The second-order valence-electron chi connectivity index (χ2n) is 4.71. The topological polar surface area (TPSA) is 42.8 Å². The zero-order valence-electron chi connectivity index (χ0n) is 11.7. The number of hydrogen-bond acceptors (Lipinski definition) is 3. The molecular formula is C14H19N3OS. The Labute approximate surface area is 118 Å². The lowest BCUT2D eigenvalue weighted by Gasteiger charge is -2.15. The van der Waals surface area contributed by atoms with Gasteiger partial charge < -0.3 is 9.30 Å². The normalized spacial score (nSPS) is 12.4. The third kappa shape index (κ3) is 3.04. The van der Waals surface area contributed by atoms with Gasteiger partial charge in [0.25, 0.3) is 0 Å². The summed E-state index contributed by atoms with van der Waals surface area (Å²) >= 11 is 5.19. The maximum atomic E-state index is 5.97. The molecule has 1 aromatic carbocycles. The number of aryl methyl sites for hydroxylation is 2. The standard InChI is InChI=1S/C14H19N3OS/c1-5-17-13(15-16-14(17)19)11(4)18-12-7-9(2)6-10(3)8-12/h6-8,11H,5H2,1-4H3,(H,16,19)/t11-/m1/s1. The lowest BCUT2D eigenvalue weighted by molar-refractivity contribution is 0.210. The van der Waals surface area contributed by atoms with E-state index in [1.807, 2.05) is 30.5 Å². The fourth-order valence-corrected chi connectivity index (χ4v) is 2.47. The highest BCUT2D eigenvalue weighted by Gasteiger charge is 2.15. The Kier molecular flexibility index (Phi) is 4.04. The van der Waals surface area contributed by atoms with Gasteiger partial charge in [-0.15, -0.1) is 0 Å². The SMILES string of the molecule is CCn1c([C@@H](C)Oc2cc(C)cc(C)c2)n[nH]c1=S. The Hall–Kier alpha value is -1.62. The predicted octanol–water partition coefficient (Wildman–Crippen LogP) is 3.72. The van der Waals surface area contributed by atoms with Crippen LogP contribution in [0.15, 0.2) is 18.2 Å². The Morgan fingerprint density at radius 3 is 2.53 bits per heavy atom. The number of aromatic amines is 1. The highest BCUT2D eigenvalue weighted by Crippen LogP contribution is 2.23. The summed E-state index contributed by atoms with van der Waals surface area (Å²) < 4.78 is 8.55. The number of rotatable bonds is 4. The van der Waals surface area contributed by atoms with E-state index in [9.17, 15) is 0 Å². The number of ether oxygens (including phenoxy) is 1. The van der Waals surface area contributed by atoms with Crippen LogP contribution in [0.4, 0.5) is 0 Å². The second kappa shape index (κ2) is 5.57. The number of aromatic nitrogens is 3. The molecule has 4 nitrogen and oxygen atoms in total. The molecule has 0 spiro atoms. The van der Waals surface area contributed by atoms with Crippen LogP contribution in [0, 0.1) is 18.6 Å². The molecule has 0 radical (unpaired) electrons. The van der Waals surface area contributed by atoms with Crippen molar-refractivity contribution in [2.75, 3.05) is 0 Å². The molecule has 2 aromatic rings. The van der Waals surface area contributed by atoms with Crippen LogP contribution in [-0.4, -0.2) is 14.8 Å². The van der Waals surface area contributed by atoms with E-state index in [4.69, 9.17) is 17.0 Å². The molecule has 1 atom stereocenters. The molecule has 0 aliphatic rings. The first kappa shape index (κ1) is 13.8. The molecule has 1 aromatic heterocycles. The van der Waals surface area contributed by atoms with E-state index in [1.54, 1.807) is 0 Å². The van der Waals surface area contributed by atoms with Gasteiger partial charge in [0, 0.05) is 6.54 Å². The summed E-state index contributed by atoms with van der Waals surface area (Å²) in [4.78, 5) is 0. The molecule has 2 rings (SSSR count). The molecule has 0 saturated carbocycles. The average molecular weight is 277 g/mol. The van der Waals surface area contributed by atoms with E-state index in [1.165, 1.54) is 11.1 Å². The van der Waals surface area contributed by atoms with Crippen molar-refractivity contribution in [1.29, 1.82) is 0 Å². The largest absolute Gasteiger partial charge is 0.483 e. The van der Waals surface area contributed by atoms with Gasteiger partial charge in [0.2, 0.25) is 0 Å². The van der Waals surface area contributed by atoms with Gasteiger partial charge in [-0.05, 0) is 63.2 Å². The van der Waals surface area contributed by atoms with Crippen LogP contribution < -0.4 is 4.74 Å². The van der Waals surface area contributed by atoms with E-state index in [0.717, 1.165) is 18.1 Å². The minimum Gasteiger partial charge on any atom is -0.483 e. The van der Waals surface area contributed by atoms with Crippen molar-refractivity contribution in [3.8, 4) is 5.75 Å². The molecule has 0 unspecified atom stereocenters.